The zero-order valence-electron chi connectivity index (χ0n) is 43.8. The first-order chi connectivity index (χ1) is 33.5. The van der Waals surface area contributed by atoms with E-state index >= 15 is 0 Å². The molecule has 0 spiro atoms. The summed E-state index contributed by atoms with van der Waals surface area (Å²) in [6, 6.07) is 0. The van der Waals surface area contributed by atoms with Crippen LogP contribution >= 0.6 is 0 Å². The molecule has 0 aliphatic carbocycles. The Labute approximate surface area is 418 Å². The van der Waals surface area contributed by atoms with Crippen LogP contribution in [0.3, 0.4) is 0 Å². The van der Waals surface area contributed by atoms with Crippen LogP contribution in [0.5, 0.6) is 0 Å². The summed E-state index contributed by atoms with van der Waals surface area (Å²) in [7, 11) is 0. The van der Waals surface area contributed by atoms with Gasteiger partial charge < -0.3 is 14.2 Å². The van der Waals surface area contributed by atoms with Crippen LogP contribution < -0.4 is 0 Å². The average molecular weight is 941 g/mol. The van der Waals surface area contributed by atoms with E-state index in [1.807, 2.05) is 0 Å². The van der Waals surface area contributed by atoms with E-state index in [4.69, 9.17) is 14.2 Å². The van der Waals surface area contributed by atoms with E-state index in [0.29, 0.717) is 19.3 Å². The number of carbonyl (C=O) groups excluding carboxylic acids is 3. The maximum Gasteiger partial charge on any atom is 0.306 e. The maximum absolute atomic E-state index is 12.8. The zero-order chi connectivity index (χ0) is 49.3. The zero-order valence-corrected chi connectivity index (χ0v) is 43.8. The Bertz CT molecular complexity index is 1450. The lowest BCUT2D eigenvalue weighted by molar-refractivity contribution is -0.167. The fraction of sp³-hybridized carbons (Fsp3) is 0.629. The molecular formula is C62H100O6. The molecule has 0 heterocycles. The molecule has 0 rings (SSSR count). The topological polar surface area (TPSA) is 78.9 Å². The molecule has 6 nitrogen and oxygen atoms in total. The van der Waals surface area contributed by atoms with E-state index in [2.05, 4.69) is 142 Å². The molecule has 68 heavy (non-hydrogen) atoms. The van der Waals surface area contributed by atoms with Gasteiger partial charge in [-0.3, -0.25) is 14.4 Å². The number of hydrogen-bond donors (Lipinski definition) is 0. The van der Waals surface area contributed by atoms with Gasteiger partial charge in [-0.25, -0.2) is 0 Å². The average Bonchev–Trinajstić information content (AvgIpc) is 3.34. The Morgan fingerprint density at radius 3 is 1.03 bits per heavy atom. The summed E-state index contributed by atoms with van der Waals surface area (Å²) < 4.78 is 16.7. The van der Waals surface area contributed by atoms with E-state index in [1.165, 1.54) is 64.2 Å². The van der Waals surface area contributed by atoms with Gasteiger partial charge in [-0.1, -0.05) is 213 Å². The van der Waals surface area contributed by atoms with Crippen molar-refractivity contribution in [2.45, 2.75) is 239 Å². The highest BCUT2D eigenvalue weighted by Crippen LogP contribution is 2.13. The van der Waals surface area contributed by atoms with Crippen molar-refractivity contribution < 1.29 is 28.6 Å². The number of carbonyl (C=O) groups is 3. The monoisotopic (exact) mass is 941 g/mol. The molecular weight excluding hydrogens is 841 g/mol. The van der Waals surface area contributed by atoms with Crippen LogP contribution in [-0.4, -0.2) is 37.2 Å². The van der Waals surface area contributed by atoms with Gasteiger partial charge in [-0.2, -0.15) is 0 Å². The van der Waals surface area contributed by atoms with Gasteiger partial charge in [0.15, 0.2) is 6.10 Å². The third kappa shape index (κ3) is 52.8. The lowest BCUT2D eigenvalue weighted by Gasteiger charge is -2.18. The largest absolute Gasteiger partial charge is 0.462 e. The van der Waals surface area contributed by atoms with E-state index < -0.39 is 6.10 Å². The second-order valence-corrected chi connectivity index (χ2v) is 17.7. The van der Waals surface area contributed by atoms with Gasteiger partial charge in [0.05, 0.1) is 0 Å². The molecule has 0 saturated carbocycles. The summed E-state index contributed by atoms with van der Waals surface area (Å²) in [5, 5.41) is 0. The highest BCUT2D eigenvalue weighted by molar-refractivity contribution is 5.71. The normalized spacial score (nSPS) is 13.0. The second kappa shape index (κ2) is 55.4. The fourth-order valence-electron chi connectivity index (χ4n) is 7.05. The summed E-state index contributed by atoms with van der Waals surface area (Å²) in [6.45, 7) is 6.36. The van der Waals surface area contributed by atoms with E-state index in [1.54, 1.807) is 0 Å². The number of allylic oxidation sites excluding steroid dienone is 20. The van der Waals surface area contributed by atoms with Gasteiger partial charge in [0.1, 0.15) is 13.2 Å². The molecule has 0 bridgehead atoms. The van der Waals surface area contributed by atoms with Crippen molar-refractivity contribution in [3.8, 4) is 0 Å². The summed E-state index contributed by atoms with van der Waals surface area (Å²) in [4.78, 5) is 38.0. The predicted molar refractivity (Wildman–Crippen MR) is 293 cm³/mol. The molecule has 0 aliphatic rings. The highest BCUT2D eigenvalue weighted by Gasteiger charge is 2.19. The van der Waals surface area contributed by atoms with E-state index in [9.17, 15) is 14.4 Å². The molecule has 0 aromatic rings. The number of rotatable bonds is 48. The number of hydrogen-bond acceptors (Lipinski definition) is 6. The van der Waals surface area contributed by atoms with Crippen LogP contribution in [0.4, 0.5) is 0 Å². The lowest BCUT2D eigenvalue weighted by atomic mass is 10.1. The molecule has 0 aliphatic heterocycles. The Kier molecular flexibility index (Phi) is 52.0. The van der Waals surface area contributed by atoms with Gasteiger partial charge in [0.2, 0.25) is 0 Å². The van der Waals surface area contributed by atoms with Crippen LogP contribution in [0.2, 0.25) is 0 Å². The molecule has 0 radical (unpaired) electrons. The third-order valence-electron chi connectivity index (χ3n) is 11.2. The van der Waals surface area contributed by atoms with Crippen molar-refractivity contribution in [1.82, 2.24) is 0 Å². The number of ether oxygens (including phenoxy) is 3. The Morgan fingerprint density at radius 1 is 0.309 bits per heavy atom. The van der Waals surface area contributed by atoms with Crippen molar-refractivity contribution in [2.75, 3.05) is 13.2 Å². The smallest absolute Gasteiger partial charge is 0.306 e. The number of unbranched alkanes of at least 4 members (excludes halogenated alkanes) is 17. The first-order valence-electron chi connectivity index (χ1n) is 27.5. The highest BCUT2D eigenvalue weighted by atomic mass is 16.6. The first-order valence-corrected chi connectivity index (χ1v) is 27.5. The lowest BCUT2D eigenvalue weighted by Crippen LogP contribution is -2.30. The van der Waals surface area contributed by atoms with Crippen molar-refractivity contribution in [3.63, 3.8) is 0 Å². The molecule has 0 amide bonds. The van der Waals surface area contributed by atoms with Crippen molar-refractivity contribution in [3.05, 3.63) is 122 Å². The minimum Gasteiger partial charge on any atom is -0.462 e. The molecule has 0 saturated heterocycles. The van der Waals surface area contributed by atoms with Crippen LogP contribution in [0.25, 0.3) is 0 Å². The van der Waals surface area contributed by atoms with Crippen molar-refractivity contribution in [2.24, 2.45) is 0 Å². The molecule has 0 N–H and O–H groups in total. The molecule has 0 aromatic carbocycles. The predicted octanol–water partition coefficient (Wildman–Crippen LogP) is 18.5. The van der Waals surface area contributed by atoms with Gasteiger partial charge in [-0.05, 0) is 122 Å². The molecule has 0 aromatic heterocycles. The molecule has 1 atom stereocenters. The number of esters is 3. The summed E-state index contributed by atoms with van der Waals surface area (Å²) in [5.74, 6) is -0.992. The minimum atomic E-state index is -0.812. The molecule has 6 heteroatoms. The maximum atomic E-state index is 12.8. The second-order valence-electron chi connectivity index (χ2n) is 17.7. The van der Waals surface area contributed by atoms with Crippen molar-refractivity contribution >= 4 is 17.9 Å². The van der Waals surface area contributed by atoms with E-state index in [-0.39, 0.29) is 37.5 Å². The van der Waals surface area contributed by atoms with Gasteiger partial charge in [0.25, 0.3) is 0 Å². The van der Waals surface area contributed by atoms with Crippen LogP contribution in [0.1, 0.15) is 233 Å². The van der Waals surface area contributed by atoms with Crippen LogP contribution in [0, 0.1) is 0 Å². The quantitative estimate of drug-likeness (QED) is 0.0262. The van der Waals surface area contributed by atoms with Crippen LogP contribution in [0.15, 0.2) is 122 Å². The standard InChI is InChI=1S/C62H100O6/c1-4-7-10-13-16-19-22-24-26-28-29-30-31-32-33-35-36-38-40-43-46-49-52-55-61(64)67-58-59(57-66-60(63)54-51-48-45-42-21-18-15-12-9-6-3)68-62(65)56-53-50-47-44-41-39-37-34-27-25-23-20-17-14-11-8-5-2/h7,10,12,15-17,19-20,24-27,29-30,32-33,36,38,43,46,59H,4-6,8-9,11,13-14,18,21-23,28,31,34-35,37,39-42,44-45,47-58H2,1-3H3/b10-7-,15-12-,19-16-,20-17-,26-24-,27-25-,30-29-,33-32-,38-36-,46-43-. The Morgan fingerprint density at radius 2 is 0.618 bits per heavy atom. The van der Waals surface area contributed by atoms with Crippen molar-refractivity contribution in [1.29, 1.82) is 0 Å². The molecule has 384 valence electrons. The Balaban J connectivity index is 4.46. The molecule has 1 unspecified atom stereocenters. The summed E-state index contributed by atoms with van der Waals surface area (Å²) in [6.07, 6.45) is 76.2. The fourth-order valence-corrected chi connectivity index (χ4v) is 7.05. The summed E-state index contributed by atoms with van der Waals surface area (Å²) in [5.41, 5.74) is 0. The first kappa shape index (κ1) is 63.8. The Hall–Kier alpha value is -4.19. The molecule has 0 fully saturated rings. The third-order valence-corrected chi connectivity index (χ3v) is 11.2. The SMILES string of the molecule is CC/C=C\C/C=C\C/C=C\C/C=C\C/C=C\C/C=C\C/C=C\CCCC(=O)OCC(COC(=O)CCCCCCC/C=C\CCC)OC(=O)CCCCCCCCC/C=C\C/C=C\CCCCC. The van der Waals surface area contributed by atoms with Gasteiger partial charge >= 0.3 is 17.9 Å². The van der Waals surface area contributed by atoms with Gasteiger partial charge in [0, 0.05) is 19.3 Å². The summed E-state index contributed by atoms with van der Waals surface area (Å²) >= 11 is 0. The van der Waals surface area contributed by atoms with E-state index in [0.717, 1.165) is 122 Å². The minimum absolute atomic E-state index is 0.107. The van der Waals surface area contributed by atoms with Gasteiger partial charge in [-0.15, -0.1) is 0 Å². The van der Waals surface area contributed by atoms with Crippen LogP contribution in [-0.2, 0) is 28.6 Å².